The van der Waals surface area contributed by atoms with Gasteiger partial charge in [0.1, 0.15) is 0 Å². The van der Waals surface area contributed by atoms with Crippen molar-refractivity contribution in [1.29, 1.82) is 0 Å². The van der Waals surface area contributed by atoms with Gasteiger partial charge in [-0.1, -0.05) is 56.9 Å². The summed E-state index contributed by atoms with van der Waals surface area (Å²) < 4.78 is 58.5. The molecule has 3 nitrogen and oxygen atoms in total. The molecule has 1 saturated carbocycles. The van der Waals surface area contributed by atoms with Crippen LogP contribution in [0.2, 0.25) is 0 Å². The minimum atomic E-state index is -1.70. The van der Waals surface area contributed by atoms with Crippen LogP contribution in [0.15, 0.2) is 36.4 Å². The van der Waals surface area contributed by atoms with E-state index < -0.39 is 28.8 Å². The monoisotopic (exact) mass is 474 g/mol. The van der Waals surface area contributed by atoms with Crippen LogP contribution >= 0.6 is 0 Å². The largest absolute Gasteiger partial charge is 0.322 e. The number of halogens is 3. The Kier molecular flexibility index (Phi) is 6.75. The van der Waals surface area contributed by atoms with Crippen LogP contribution in [0, 0.1) is 23.4 Å². The number of benzene rings is 2. The molecule has 0 radical (unpaired) electrons. The van der Waals surface area contributed by atoms with Gasteiger partial charge >= 0.3 is 5.97 Å². The van der Waals surface area contributed by atoms with Crippen LogP contribution in [0.3, 0.4) is 0 Å². The number of unbranched alkanes of at least 4 members (excludes halogenated alkanes) is 2. The van der Waals surface area contributed by atoms with E-state index in [1.54, 1.807) is 0 Å². The van der Waals surface area contributed by atoms with Crippen molar-refractivity contribution >= 4 is 0 Å². The zero-order chi connectivity index (χ0) is 23.8. The predicted octanol–water partition coefficient (Wildman–Crippen LogP) is 7.08. The van der Waals surface area contributed by atoms with E-state index >= 15 is 0 Å². The molecule has 0 atom stereocenters. The van der Waals surface area contributed by atoms with Crippen molar-refractivity contribution in [2.24, 2.45) is 5.92 Å². The van der Waals surface area contributed by atoms with Crippen molar-refractivity contribution in [2.75, 3.05) is 19.8 Å². The van der Waals surface area contributed by atoms with Crippen molar-refractivity contribution in [2.45, 2.75) is 75.6 Å². The van der Waals surface area contributed by atoms with Gasteiger partial charge in [-0.25, -0.2) is 13.2 Å². The molecule has 3 heterocycles. The summed E-state index contributed by atoms with van der Waals surface area (Å²) in [6.45, 7) is 3.12. The number of hydrogen-bond donors (Lipinski definition) is 0. The predicted molar refractivity (Wildman–Crippen MR) is 123 cm³/mol. The van der Waals surface area contributed by atoms with E-state index in [2.05, 4.69) is 31.2 Å². The third-order valence-electron chi connectivity index (χ3n) is 8.01. The number of ether oxygens (including phenoxy) is 3. The Morgan fingerprint density at radius 2 is 1.38 bits per heavy atom. The van der Waals surface area contributed by atoms with E-state index in [1.807, 2.05) is 0 Å². The molecule has 6 heteroatoms. The van der Waals surface area contributed by atoms with E-state index in [4.69, 9.17) is 14.2 Å². The molecule has 1 aliphatic carbocycles. The molecule has 2 aromatic rings. The first-order valence-electron chi connectivity index (χ1n) is 12.6. The van der Waals surface area contributed by atoms with Gasteiger partial charge in [-0.15, -0.1) is 0 Å². The molecular weight excluding hydrogens is 441 g/mol. The minimum absolute atomic E-state index is 0.0159. The second-order valence-corrected chi connectivity index (χ2v) is 10.3. The van der Waals surface area contributed by atoms with Crippen LogP contribution in [0.4, 0.5) is 13.2 Å². The molecule has 3 aliphatic heterocycles. The zero-order valence-corrected chi connectivity index (χ0v) is 19.8. The molecule has 0 aromatic heterocycles. The fraction of sp³-hybridized carbons (Fsp3) is 0.571. The summed E-state index contributed by atoms with van der Waals surface area (Å²) in [4.78, 5) is 0. The van der Waals surface area contributed by atoms with Crippen LogP contribution in [-0.2, 0) is 25.6 Å². The summed E-state index contributed by atoms with van der Waals surface area (Å²) in [6.07, 6.45) is 10.5. The Balaban J connectivity index is 1.22. The number of rotatable bonds is 7. The summed E-state index contributed by atoms with van der Waals surface area (Å²) >= 11 is 0. The van der Waals surface area contributed by atoms with E-state index in [0.29, 0.717) is 5.92 Å². The highest BCUT2D eigenvalue weighted by Gasteiger charge is 2.54. The highest BCUT2D eigenvalue weighted by molar-refractivity contribution is 5.34. The van der Waals surface area contributed by atoms with Gasteiger partial charge in [0.25, 0.3) is 0 Å². The standard InChI is InChI=1S/C28H33F3O3/c1-2-3-4-5-19-6-8-20(9-7-19)21-10-12-22(13-11-21)27-16-32-28(33-17-27,34-18-27)23-14-24(29)26(31)25(30)15-23/h10-15,19-20H,2-9,16-18H2,1H3. The van der Waals surface area contributed by atoms with E-state index in [1.165, 1.54) is 56.9 Å². The SMILES string of the molecule is CCCCCC1CCC(c2ccc(C34COC(c5cc(F)c(F)c(F)c5)(OC3)OC4)cc2)CC1. The maximum absolute atomic E-state index is 13.8. The van der Waals surface area contributed by atoms with Gasteiger partial charge in [-0.2, -0.15) is 0 Å². The smallest absolute Gasteiger partial charge is 0.312 e. The Labute approximate surface area is 199 Å². The maximum Gasteiger partial charge on any atom is 0.312 e. The van der Waals surface area contributed by atoms with Gasteiger partial charge in [0, 0.05) is 5.56 Å². The summed E-state index contributed by atoms with van der Waals surface area (Å²) in [5, 5.41) is 0. The average molecular weight is 475 g/mol. The van der Waals surface area contributed by atoms with Crippen molar-refractivity contribution in [3.8, 4) is 0 Å². The van der Waals surface area contributed by atoms with Gasteiger partial charge in [-0.05, 0) is 60.8 Å². The Hall–Kier alpha value is -1.89. The molecule has 2 bridgehead atoms. The molecule has 4 aliphatic rings. The van der Waals surface area contributed by atoms with E-state index in [0.717, 1.165) is 23.6 Å². The van der Waals surface area contributed by atoms with Crippen molar-refractivity contribution in [1.82, 2.24) is 0 Å². The van der Waals surface area contributed by atoms with Crippen LogP contribution in [0.1, 0.15) is 80.9 Å². The van der Waals surface area contributed by atoms with Gasteiger partial charge in [0.05, 0.1) is 25.2 Å². The molecule has 0 amide bonds. The van der Waals surface area contributed by atoms with Gasteiger partial charge < -0.3 is 14.2 Å². The lowest BCUT2D eigenvalue weighted by atomic mass is 9.75. The quantitative estimate of drug-likeness (QED) is 0.317. The molecule has 34 heavy (non-hydrogen) atoms. The Morgan fingerprint density at radius 1 is 0.794 bits per heavy atom. The van der Waals surface area contributed by atoms with Crippen LogP contribution in [-0.4, -0.2) is 19.8 Å². The van der Waals surface area contributed by atoms with Gasteiger partial charge in [0.15, 0.2) is 17.5 Å². The highest BCUT2D eigenvalue weighted by atomic mass is 19.2. The summed E-state index contributed by atoms with van der Waals surface area (Å²) in [5.74, 6) is -4.31. The van der Waals surface area contributed by atoms with Crippen LogP contribution in [0.25, 0.3) is 0 Å². The summed E-state index contributed by atoms with van der Waals surface area (Å²) in [5.41, 5.74) is 1.95. The first-order valence-corrected chi connectivity index (χ1v) is 12.6. The third-order valence-corrected chi connectivity index (χ3v) is 8.01. The Bertz CT molecular complexity index is 951. The fourth-order valence-corrected chi connectivity index (χ4v) is 5.76. The molecule has 0 N–H and O–H groups in total. The summed E-state index contributed by atoms with van der Waals surface area (Å²) in [7, 11) is 0. The number of hydrogen-bond acceptors (Lipinski definition) is 3. The average Bonchev–Trinajstić information content (AvgIpc) is 2.89. The number of fused-ring (bicyclic) bond motifs is 3. The lowest BCUT2D eigenvalue weighted by molar-refractivity contribution is -0.466. The van der Waals surface area contributed by atoms with Crippen molar-refractivity contribution < 1.29 is 27.4 Å². The van der Waals surface area contributed by atoms with Gasteiger partial charge in [-0.3, -0.25) is 0 Å². The van der Waals surface area contributed by atoms with E-state index in [-0.39, 0.29) is 25.4 Å². The lowest BCUT2D eigenvalue weighted by Gasteiger charge is -2.52. The first kappa shape index (κ1) is 23.8. The highest BCUT2D eigenvalue weighted by Crippen LogP contribution is 2.46. The zero-order valence-electron chi connectivity index (χ0n) is 19.8. The normalized spacial score (nSPS) is 31.1. The van der Waals surface area contributed by atoms with Gasteiger partial charge in [0.2, 0.25) is 0 Å². The van der Waals surface area contributed by atoms with Crippen LogP contribution < -0.4 is 0 Å². The lowest BCUT2D eigenvalue weighted by Crippen LogP contribution is -2.60. The second kappa shape index (κ2) is 9.63. The second-order valence-electron chi connectivity index (χ2n) is 10.3. The molecule has 3 saturated heterocycles. The molecule has 6 rings (SSSR count). The Morgan fingerprint density at radius 3 is 1.94 bits per heavy atom. The molecule has 184 valence electrons. The molecule has 2 aromatic carbocycles. The summed E-state index contributed by atoms with van der Waals surface area (Å²) in [6, 6.07) is 10.4. The topological polar surface area (TPSA) is 27.7 Å². The van der Waals surface area contributed by atoms with E-state index in [9.17, 15) is 13.2 Å². The molecule has 0 unspecified atom stereocenters. The van der Waals surface area contributed by atoms with Crippen molar-refractivity contribution in [3.63, 3.8) is 0 Å². The molecule has 4 fully saturated rings. The third kappa shape index (κ3) is 4.40. The van der Waals surface area contributed by atoms with Crippen LogP contribution in [0.5, 0.6) is 0 Å². The fourth-order valence-electron chi connectivity index (χ4n) is 5.76. The molecular formula is C28H33F3O3. The minimum Gasteiger partial charge on any atom is -0.322 e. The van der Waals surface area contributed by atoms with Crippen molar-refractivity contribution in [3.05, 3.63) is 70.5 Å². The maximum atomic E-state index is 13.8. The molecule has 0 spiro atoms. The first-order chi connectivity index (χ1) is 16.4.